The summed E-state index contributed by atoms with van der Waals surface area (Å²) in [5.74, 6) is -2.50. The fourth-order valence-corrected chi connectivity index (χ4v) is 4.11. The number of hydrogen-bond acceptors (Lipinski definition) is 3. The number of rotatable bonds is 4. The Hall–Kier alpha value is -1.80. The largest absolute Gasteiger partial charge is 0.294 e. The van der Waals surface area contributed by atoms with E-state index in [1.165, 1.54) is 25.1 Å². The fraction of sp³-hybridized carbons (Fsp3) is 0.0714. The van der Waals surface area contributed by atoms with E-state index in [-0.39, 0.29) is 21.5 Å². The molecule has 0 bridgehead atoms. The van der Waals surface area contributed by atoms with Gasteiger partial charge in [-0.05, 0) is 41.1 Å². The Morgan fingerprint density at radius 2 is 1.82 bits per heavy atom. The Morgan fingerprint density at radius 1 is 1.18 bits per heavy atom. The number of benzene rings is 2. The zero-order valence-electron chi connectivity index (χ0n) is 11.2. The first kappa shape index (κ1) is 16.6. The van der Waals surface area contributed by atoms with Gasteiger partial charge in [-0.15, -0.1) is 0 Å². The van der Waals surface area contributed by atoms with E-state index in [0.29, 0.717) is 6.07 Å². The van der Waals surface area contributed by atoms with Gasteiger partial charge < -0.3 is 0 Å². The normalized spacial score (nSPS) is 11.3. The van der Waals surface area contributed by atoms with Crippen molar-refractivity contribution in [2.75, 3.05) is 4.72 Å². The van der Waals surface area contributed by atoms with Crippen LogP contribution < -0.4 is 4.72 Å². The summed E-state index contributed by atoms with van der Waals surface area (Å²) in [5, 5.41) is 0. The molecule has 0 unspecified atom stereocenters. The first-order chi connectivity index (χ1) is 10.2. The van der Waals surface area contributed by atoms with Crippen molar-refractivity contribution < 1.29 is 22.0 Å². The molecule has 22 heavy (non-hydrogen) atoms. The van der Waals surface area contributed by atoms with Gasteiger partial charge in [0, 0.05) is 16.1 Å². The first-order valence-corrected chi connectivity index (χ1v) is 8.27. The molecule has 0 spiro atoms. The highest BCUT2D eigenvalue weighted by molar-refractivity contribution is 9.10. The van der Waals surface area contributed by atoms with Gasteiger partial charge in [0.2, 0.25) is 0 Å². The SMILES string of the molecule is CC(=O)c1ccccc1NS(=O)(=O)c1c(F)cc(F)cc1Br. The van der Waals surface area contributed by atoms with Crippen LogP contribution in [0, 0.1) is 11.6 Å². The van der Waals surface area contributed by atoms with Crippen LogP contribution in [0.4, 0.5) is 14.5 Å². The van der Waals surface area contributed by atoms with Crippen molar-refractivity contribution in [3.8, 4) is 0 Å². The van der Waals surface area contributed by atoms with E-state index >= 15 is 0 Å². The minimum absolute atomic E-state index is 0.0191. The number of nitrogens with one attached hydrogen (secondary N) is 1. The predicted molar refractivity (Wildman–Crippen MR) is 81.3 cm³/mol. The molecule has 0 heterocycles. The third-order valence-electron chi connectivity index (χ3n) is 2.78. The molecule has 1 N–H and O–H groups in total. The standard InChI is InChI=1S/C14H10BrF2NO3S/c1-8(19)10-4-2-3-5-13(10)18-22(20,21)14-11(15)6-9(16)7-12(14)17/h2-7,18H,1H3. The van der Waals surface area contributed by atoms with Gasteiger partial charge in [-0.25, -0.2) is 17.2 Å². The Morgan fingerprint density at radius 3 is 2.41 bits per heavy atom. The Labute approximate surface area is 134 Å². The number of Topliss-reactive ketones (excluding diaryl/α,β-unsaturated/α-hetero) is 1. The van der Waals surface area contributed by atoms with Gasteiger partial charge in [-0.2, -0.15) is 0 Å². The van der Waals surface area contributed by atoms with Gasteiger partial charge in [0.05, 0.1) is 5.69 Å². The number of hydrogen-bond donors (Lipinski definition) is 1. The van der Waals surface area contributed by atoms with Gasteiger partial charge in [-0.1, -0.05) is 12.1 Å². The summed E-state index contributed by atoms with van der Waals surface area (Å²) in [5.41, 5.74) is 0.162. The summed E-state index contributed by atoms with van der Waals surface area (Å²) in [6, 6.07) is 7.23. The third-order valence-corrected chi connectivity index (χ3v) is 5.11. The molecule has 8 heteroatoms. The molecular formula is C14H10BrF2NO3S. The van der Waals surface area contributed by atoms with E-state index < -0.39 is 26.6 Å². The van der Waals surface area contributed by atoms with Crippen molar-refractivity contribution in [3.63, 3.8) is 0 Å². The van der Waals surface area contributed by atoms with E-state index in [9.17, 15) is 22.0 Å². The molecule has 0 aliphatic rings. The van der Waals surface area contributed by atoms with E-state index in [2.05, 4.69) is 20.7 Å². The number of carbonyl (C=O) groups is 1. The van der Waals surface area contributed by atoms with E-state index in [1.54, 1.807) is 6.07 Å². The molecule has 0 fully saturated rings. The lowest BCUT2D eigenvalue weighted by Gasteiger charge is -2.12. The van der Waals surface area contributed by atoms with Crippen LogP contribution >= 0.6 is 15.9 Å². The summed E-state index contributed by atoms with van der Waals surface area (Å²) in [4.78, 5) is 10.8. The molecule has 0 radical (unpaired) electrons. The zero-order valence-corrected chi connectivity index (χ0v) is 13.6. The lowest BCUT2D eigenvalue weighted by Crippen LogP contribution is -2.17. The van der Waals surface area contributed by atoms with Crippen molar-refractivity contribution in [2.24, 2.45) is 0 Å². The fourth-order valence-electron chi connectivity index (χ4n) is 1.86. The number of para-hydroxylation sites is 1. The molecule has 2 aromatic rings. The Bertz CT molecular complexity index is 830. The highest BCUT2D eigenvalue weighted by Crippen LogP contribution is 2.29. The molecule has 0 aromatic heterocycles. The molecule has 116 valence electrons. The lowest BCUT2D eigenvalue weighted by molar-refractivity contribution is 0.101. The number of ketones is 1. The summed E-state index contributed by atoms with van der Waals surface area (Å²) >= 11 is 2.83. The van der Waals surface area contributed by atoms with Crippen molar-refractivity contribution in [2.45, 2.75) is 11.8 Å². The second-order valence-electron chi connectivity index (χ2n) is 4.41. The topological polar surface area (TPSA) is 63.2 Å². The first-order valence-electron chi connectivity index (χ1n) is 5.99. The van der Waals surface area contributed by atoms with Gasteiger partial charge in [-0.3, -0.25) is 9.52 Å². The van der Waals surface area contributed by atoms with Crippen LogP contribution in [0.1, 0.15) is 17.3 Å². The minimum Gasteiger partial charge on any atom is -0.294 e. The summed E-state index contributed by atoms with van der Waals surface area (Å²) in [6.07, 6.45) is 0. The van der Waals surface area contributed by atoms with Gasteiger partial charge in [0.15, 0.2) is 5.78 Å². The highest BCUT2D eigenvalue weighted by Gasteiger charge is 2.25. The van der Waals surface area contributed by atoms with Gasteiger partial charge in [0.1, 0.15) is 16.5 Å². The Kier molecular flexibility index (Phi) is 4.62. The monoisotopic (exact) mass is 389 g/mol. The molecular weight excluding hydrogens is 380 g/mol. The third kappa shape index (κ3) is 3.33. The van der Waals surface area contributed by atoms with Crippen LogP contribution in [0.2, 0.25) is 0 Å². The molecule has 4 nitrogen and oxygen atoms in total. The van der Waals surface area contributed by atoms with Crippen LogP contribution in [0.5, 0.6) is 0 Å². The van der Waals surface area contributed by atoms with E-state index in [1.807, 2.05) is 0 Å². The molecule has 0 aliphatic heterocycles. The van der Waals surface area contributed by atoms with Crippen LogP contribution in [0.25, 0.3) is 0 Å². The highest BCUT2D eigenvalue weighted by atomic mass is 79.9. The maximum absolute atomic E-state index is 13.8. The summed E-state index contributed by atoms with van der Waals surface area (Å²) in [6.45, 7) is 1.28. The van der Waals surface area contributed by atoms with Crippen LogP contribution in [-0.4, -0.2) is 14.2 Å². The van der Waals surface area contributed by atoms with E-state index in [4.69, 9.17) is 0 Å². The number of sulfonamides is 1. The number of carbonyl (C=O) groups excluding carboxylic acids is 1. The Balaban J connectivity index is 2.53. The summed E-state index contributed by atoms with van der Waals surface area (Å²) in [7, 11) is -4.34. The molecule has 0 saturated carbocycles. The van der Waals surface area contributed by atoms with Crippen molar-refractivity contribution in [1.82, 2.24) is 0 Å². The molecule has 2 rings (SSSR count). The van der Waals surface area contributed by atoms with Crippen molar-refractivity contribution >= 4 is 37.4 Å². The lowest BCUT2D eigenvalue weighted by atomic mass is 10.1. The predicted octanol–water partition coefficient (Wildman–Crippen LogP) is 3.73. The van der Waals surface area contributed by atoms with Crippen LogP contribution in [0.3, 0.4) is 0 Å². The maximum Gasteiger partial charge on any atom is 0.265 e. The average molecular weight is 390 g/mol. The minimum atomic E-state index is -4.34. The van der Waals surface area contributed by atoms with E-state index in [0.717, 1.165) is 6.07 Å². The summed E-state index contributed by atoms with van der Waals surface area (Å²) < 4.78 is 53.4. The van der Waals surface area contributed by atoms with Gasteiger partial charge in [0.25, 0.3) is 10.0 Å². The molecule has 0 amide bonds. The van der Waals surface area contributed by atoms with Gasteiger partial charge >= 0.3 is 0 Å². The number of halogens is 3. The van der Waals surface area contributed by atoms with Crippen molar-refractivity contribution in [3.05, 3.63) is 58.1 Å². The second kappa shape index (κ2) is 6.13. The number of anilines is 1. The van der Waals surface area contributed by atoms with Crippen LogP contribution in [0.15, 0.2) is 45.8 Å². The molecule has 0 atom stereocenters. The van der Waals surface area contributed by atoms with Crippen LogP contribution in [-0.2, 0) is 10.0 Å². The average Bonchev–Trinajstić information content (AvgIpc) is 2.36. The molecule has 2 aromatic carbocycles. The van der Waals surface area contributed by atoms with Crippen molar-refractivity contribution in [1.29, 1.82) is 0 Å². The quantitative estimate of drug-likeness (QED) is 0.810. The zero-order chi connectivity index (χ0) is 16.5. The smallest absolute Gasteiger partial charge is 0.265 e. The molecule has 0 aliphatic carbocycles. The second-order valence-corrected chi connectivity index (χ2v) is 6.88. The molecule has 0 saturated heterocycles. The maximum atomic E-state index is 13.8.